The number of anilines is 1. The van der Waals surface area contributed by atoms with Gasteiger partial charge in [0.15, 0.2) is 11.4 Å². The fraction of sp³-hybridized carbons (Fsp3) is 0.190. The third-order valence-corrected chi connectivity index (χ3v) is 5.44. The molecule has 150 valence electrons. The summed E-state index contributed by atoms with van der Waals surface area (Å²) in [6.45, 7) is 0.481. The monoisotopic (exact) mass is 402 g/mol. The fourth-order valence-electron chi connectivity index (χ4n) is 3.70. The van der Waals surface area contributed by atoms with Crippen molar-refractivity contribution in [3.8, 4) is 22.5 Å². The minimum absolute atomic E-state index is 0.148. The van der Waals surface area contributed by atoms with Gasteiger partial charge in [0, 0.05) is 31.1 Å². The minimum Gasteiger partial charge on any atom is -0.382 e. The highest BCUT2D eigenvalue weighted by Crippen LogP contribution is 2.34. The molecule has 0 bridgehead atoms. The Balaban J connectivity index is 1.51. The number of carbonyl (C=O) groups excluding carboxylic acids is 1. The summed E-state index contributed by atoms with van der Waals surface area (Å²) in [6.07, 6.45) is 0.155. The number of nitrogens with zero attached hydrogens (tertiary/aromatic N) is 5. The Labute approximate surface area is 173 Å². The van der Waals surface area contributed by atoms with E-state index in [-0.39, 0.29) is 18.0 Å². The van der Waals surface area contributed by atoms with Gasteiger partial charge in [-0.2, -0.15) is 5.10 Å². The lowest BCUT2D eigenvalue weighted by Crippen LogP contribution is -2.36. The van der Waals surface area contributed by atoms with Gasteiger partial charge in [-0.25, -0.2) is 15.0 Å². The van der Waals surface area contributed by atoms with Crippen molar-refractivity contribution >= 4 is 22.8 Å². The second-order valence-corrected chi connectivity index (χ2v) is 7.36. The van der Waals surface area contributed by atoms with Crippen molar-refractivity contribution in [3.05, 3.63) is 54.5 Å². The molecule has 1 atom stereocenters. The molecule has 0 spiro atoms. The van der Waals surface area contributed by atoms with Crippen molar-refractivity contribution in [3.63, 3.8) is 0 Å². The van der Waals surface area contributed by atoms with Crippen LogP contribution in [0.15, 0.2) is 48.8 Å². The van der Waals surface area contributed by atoms with Crippen molar-refractivity contribution < 1.29 is 11.3 Å². The van der Waals surface area contributed by atoms with E-state index in [0.717, 1.165) is 11.1 Å². The summed E-state index contributed by atoms with van der Waals surface area (Å²) in [5.74, 6) is -0.194. The SMILES string of the molecule is [2H]c1nc(N)c2nc(-c3cccc(-c4cc([C@]5(O)CCN(C)C5=O)n[nH]4)c3)ccc2n1. The van der Waals surface area contributed by atoms with Crippen LogP contribution in [-0.2, 0) is 10.4 Å². The molecule has 4 N–H and O–H groups in total. The number of likely N-dealkylation sites (N-methyl/N-ethyl adjacent to an activating group) is 1. The highest BCUT2D eigenvalue weighted by Gasteiger charge is 2.47. The number of aliphatic hydroxyl groups is 1. The Morgan fingerprint density at radius 2 is 2.07 bits per heavy atom. The molecule has 3 aromatic heterocycles. The van der Waals surface area contributed by atoms with E-state index in [0.29, 0.717) is 41.1 Å². The molecule has 4 heterocycles. The first-order valence-corrected chi connectivity index (χ1v) is 9.41. The van der Waals surface area contributed by atoms with E-state index in [4.69, 9.17) is 7.10 Å². The second-order valence-electron chi connectivity index (χ2n) is 7.36. The average Bonchev–Trinajstić information content (AvgIpc) is 3.36. The number of nitrogens with two attached hydrogens (primary N) is 1. The standard InChI is InChI=1S/C21H19N7O2/c1-28-8-7-21(30,20(28)29)17-10-16(26-27-17)13-4-2-3-12(9-13)14-5-6-15-18(25-14)19(22)24-11-23-15/h2-6,9-11,30H,7-8H2,1H3,(H,26,27)(H2,22,23,24)/t21-/m1/s1/i11D. The Kier molecular flexibility index (Phi) is 3.75. The molecule has 1 aliphatic rings. The topological polar surface area (TPSA) is 134 Å². The Morgan fingerprint density at radius 1 is 1.23 bits per heavy atom. The number of H-pyrrole nitrogens is 1. The van der Waals surface area contributed by atoms with Crippen LogP contribution in [0.1, 0.15) is 13.5 Å². The van der Waals surface area contributed by atoms with Gasteiger partial charge < -0.3 is 15.7 Å². The van der Waals surface area contributed by atoms with Crippen LogP contribution < -0.4 is 5.73 Å². The zero-order chi connectivity index (χ0) is 21.8. The molecule has 4 aromatic rings. The molecule has 9 heteroatoms. The number of aromatic nitrogens is 5. The molecule has 1 amide bonds. The number of hydrogen-bond donors (Lipinski definition) is 3. The molecule has 1 fully saturated rings. The Hall–Kier alpha value is -3.85. The molecule has 1 aromatic carbocycles. The number of nitrogen functional groups attached to an aromatic ring is 1. The van der Waals surface area contributed by atoms with Crippen molar-refractivity contribution in [2.24, 2.45) is 0 Å². The maximum atomic E-state index is 12.3. The van der Waals surface area contributed by atoms with Crippen LogP contribution in [-0.4, -0.2) is 54.7 Å². The number of amides is 1. The largest absolute Gasteiger partial charge is 0.382 e. The van der Waals surface area contributed by atoms with Crippen LogP contribution in [0.5, 0.6) is 0 Å². The van der Waals surface area contributed by atoms with Crippen LogP contribution in [0.25, 0.3) is 33.5 Å². The van der Waals surface area contributed by atoms with Gasteiger partial charge in [-0.1, -0.05) is 18.2 Å². The quantitative estimate of drug-likeness (QED) is 0.475. The first kappa shape index (κ1) is 17.0. The van der Waals surface area contributed by atoms with E-state index >= 15 is 0 Å². The van der Waals surface area contributed by atoms with E-state index in [1.54, 1.807) is 19.2 Å². The Morgan fingerprint density at radius 3 is 2.87 bits per heavy atom. The van der Waals surface area contributed by atoms with Crippen LogP contribution in [0.4, 0.5) is 5.82 Å². The van der Waals surface area contributed by atoms with E-state index in [1.165, 1.54) is 4.90 Å². The lowest BCUT2D eigenvalue weighted by atomic mass is 9.97. The van der Waals surface area contributed by atoms with E-state index in [2.05, 4.69) is 25.1 Å². The maximum absolute atomic E-state index is 12.3. The van der Waals surface area contributed by atoms with Gasteiger partial charge in [-0.05, 0) is 24.3 Å². The summed E-state index contributed by atoms with van der Waals surface area (Å²) < 4.78 is 7.58. The average molecular weight is 402 g/mol. The smallest absolute Gasteiger partial charge is 0.260 e. The number of pyridine rings is 1. The highest BCUT2D eigenvalue weighted by atomic mass is 16.3. The summed E-state index contributed by atoms with van der Waals surface area (Å²) in [5, 5.41) is 17.9. The first-order chi connectivity index (χ1) is 14.8. The van der Waals surface area contributed by atoms with Crippen LogP contribution in [0.2, 0.25) is 0 Å². The van der Waals surface area contributed by atoms with Crippen LogP contribution in [0, 0.1) is 0 Å². The summed E-state index contributed by atoms with van der Waals surface area (Å²) in [7, 11) is 1.66. The number of fused-ring (bicyclic) bond motifs is 1. The summed E-state index contributed by atoms with van der Waals surface area (Å²) in [5.41, 5.74) is 8.58. The van der Waals surface area contributed by atoms with E-state index in [9.17, 15) is 9.90 Å². The number of carbonyl (C=O) groups is 1. The minimum atomic E-state index is -1.60. The molecule has 0 aliphatic carbocycles. The molecule has 0 unspecified atom stereocenters. The second kappa shape index (κ2) is 6.60. The molecule has 30 heavy (non-hydrogen) atoms. The molecule has 5 rings (SSSR count). The van der Waals surface area contributed by atoms with Gasteiger partial charge in [0.2, 0.25) is 0 Å². The fourth-order valence-corrected chi connectivity index (χ4v) is 3.70. The number of rotatable bonds is 3. The molecule has 1 saturated heterocycles. The van der Waals surface area contributed by atoms with Crippen molar-refractivity contribution in [2.75, 3.05) is 19.3 Å². The number of aromatic amines is 1. The summed E-state index contributed by atoms with van der Waals surface area (Å²) in [6, 6.07) is 12.9. The van der Waals surface area contributed by atoms with Crippen molar-refractivity contribution in [2.45, 2.75) is 12.0 Å². The van der Waals surface area contributed by atoms with Gasteiger partial charge in [0.25, 0.3) is 5.91 Å². The lowest BCUT2D eigenvalue weighted by Gasteiger charge is -2.17. The van der Waals surface area contributed by atoms with Gasteiger partial charge in [-0.15, -0.1) is 0 Å². The maximum Gasteiger partial charge on any atom is 0.260 e. The zero-order valence-corrected chi connectivity index (χ0v) is 16.1. The normalized spacial score (nSPS) is 19.5. The summed E-state index contributed by atoms with van der Waals surface area (Å²) >= 11 is 0. The molecule has 0 saturated carbocycles. The predicted molar refractivity (Wildman–Crippen MR) is 111 cm³/mol. The number of nitrogens with one attached hydrogen (secondary N) is 1. The zero-order valence-electron chi connectivity index (χ0n) is 17.1. The predicted octanol–water partition coefficient (Wildman–Crippen LogP) is 1.71. The molecular weight excluding hydrogens is 382 g/mol. The van der Waals surface area contributed by atoms with Gasteiger partial charge >= 0.3 is 0 Å². The molecular formula is C21H19N7O2. The lowest BCUT2D eigenvalue weighted by molar-refractivity contribution is -0.143. The molecule has 1 aliphatic heterocycles. The van der Waals surface area contributed by atoms with Gasteiger partial charge in [-0.3, -0.25) is 9.89 Å². The molecule has 9 nitrogen and oxygen atoms in total. The number of benzene rings is 1. The van der Waals surface area contributed by atoms with Crippen molar-refractivity contribution in [1.29, 1.82) is 0 Å². The van der Waals surface area contributed by atoms with Crippen molar-refractivity contribution in [1.82, 2.24) is 30.0 Å². The van der Waals surface area contributed by atoms with E-state index in [1.807, 2.05) is 30.3 Å². The molecule has 0 radical (unpaired) electrons. The summed E-state index contributed by atoms with van der Waals surface area (Å²) in [4.78, 5) is 26.3. The Bertz CT molecular complexity index is 1340. The van der Waals surface area contributed by atoms with Gasteiger partial charge in [0.1, 0.15) is 18.9 Å². The number of hydrogen-bond acceptors (Lipinski definition) is 7. The first-order valence-electron chi connectivity index (χ1n) is 9.91. The third-order valence-electron chi connectivity index (χ3n) is 5.44. The van der Waals surface area contributed by atoms with E-state index < -0.39 is 5.60 Å². The number of likely N-dealkylation sites (tertiary alicyclic amines) is 1. The van der Waals surface area contributed by atoms with Crippen LogP contribution >= 0.6 is 0 Å². The highest BCUT2D eigenvalue weighted by molar-refractivity contribution is 5.88. The van der Waals surface area contributed by atoms with Crippen LogP contribution in [0.3, 0.4) is 0 Å². The third kappa shape index (κ3) is 2.79. The van der Waals surface area contributed by atoms with Gasteiger partial charge in [0.05, 0.1) is 16.9 Å².